The van der Waals surface area contributed by atoms with Gasteiger partial charge in [-0.15, -0.1) is 6.58 Å². The van der Waals surface area contributed by atoms with Gasteiger partial charge in [0, 0.05) is 5.92 Å². The SMILES string of the molecule is C=C[C@@]1(O)CC[C@@]2(C)[C@H](CC[C@@H]3[C@@H]2CC[C@]2(C)[C@@H](C4(C)OCCO4)CC[C@@H]32)C1. The average Bonchev–Trinajstić information content (AvgIpc) is 3.26. The molecule has 4 aliphatic carbocycles. The third-order valence-corrected chi connectivity index (χ3v) is 10.6. The van der Waals surface area contributed by atoms with Gasteiger partial charge in [-0.05, 0) is 99.2 Å². The Kier molecular flexibility index (Phi) is 4.41. The second-order valence-corrected chi connectivity index (χ2v) is 11.6. The molecule has 158 valence electrons. The van der Waals surface area contributed by atoms with Crippen molar-refractivity contribution in [2.75, 3.05) is 13.2 Å². The Bertz CT molecular complexity index is 640. The van der Waals surface area contributed by atoms with E-state index >= 15 is 0 Å². The summed E-state index contributed by atoms with van der Waals surface area (Å²) in [6.45, 7) is 12.8. The molecule has 0 aromatic rings. The number of hydrogen-bond acceptors (Lipinski definition) is 3. The molecule has 0 spiro atoms. The van der Waals surface area contributed by atoms with Gasteiger partial charge in [0.05, 0.1) is 18.8 Å². The van der Waals surface area contributed by atoms with E-state index in [9.17, 15) is 5.11 Å². The third kappa shape index (κ3) is 2.58. The molecule has 1 N–H and O–H groups in total. The monoisotopic (exact) mass is 388 g/mol. The fourth-order valence-corrected chi connectivity index (χ4v) is 9.05. The second kappa shape index (κ2) is 6.31. The van der Waals surface area contributed by atoms with Crippen LogP contribution in [0.25, 0.3) is 0 Å². The predicted octanol–water partition coefficient (Wildman–Crippen LogP) is 5.33. The van der Waals surface area contributed by atoms with Crippen molar-refractivity contribution in [3.63, 3.8) is 0 Å². The van der Waals surface area contributed by atoms with Gasteiger partial charge in [-0.2, -0.15) is 0 Å². The lowest BCUT2D eigenvalue weighted by Gasteiger charge is -2.62. The van der Waals surface area contributed by atoms with Gasteiger partial charge in [0.1, 0.15) is 0 Å². The molecule has 3 nitrogen and oxygen atoms in total. The van der Waals surface area contributed by atoms with Crippen molar-refractivity contribution in [3.8, 4) is 0 Å². The number of hydrogen-bond donors (Lipinski definition) is 1. The Labute approximate surface area is 171 Å². The van der Waals surface area contributed by atoms with E-state index < -0.39 is 5.60 Å². The summed E-state index contributed by atoms with van der Waals surface area (Å²) in [5.41, 5.74) is 0.145. The lowest BCUT2D eigenvalue weighted by Crippen LogP contribution is -2.56. The van der Waals surface area contributed by atoms with Crippen molar-refractivity contribution in [2.45, 2.75) is 89.9 Å². The summed E-state index contributed by atoms with van der Waals surface area (Å²) in [6, 6.07) is 0. The first-order valence-corrected chi connectivity index (χ1v) is 11.9. The molecule has 1 saturated heterocycles. The molecular weight excluding hydrogens is 348 g/mol. The number of ether oxygens (including phenoxy) is 2. The maximum Gasteiger partial charge on any atom is 0.169 e. The maximum atomic E-state index is 10.9. The summed E-state index contributed by atoms with van der Waals surface area (Å²) in [7, 11) is 0. The van der Waals surface area contributed by atoms with Gasteiger partial charge in [-0.3, -0.25) is 0 Å². The molecule has 0 amide bonds. The van der Waals surface area contributed by atoms with Gasteiger partial charge < -0.3 is 14.6 Å². The van der Waals surface area contributed by atoms with Gasteiger partial charge in [0.2, 0.25) is 0 Å². The standard InChI is InChI=1S/C25H40O3/c1-5-25(26)13-12-22(2)17(16-25)6-7-18-19-8-9-21(24(4)27-14-15-28-24)23(19,3)11-10-20(18)22/h5,17-21,26H,1,6-16H2,2-4H3/t17-,18+,19+,20+,21+,22+,23+,25-/m1/s1. The quantitative estimate of drug-likeness (QED) is 0.650. The van der Waals surface area contributed by atoms with Crippen LogP contribution in [0.1, 0.15) is 78.6 Å². The first kappa shape index (κ1) is 19.6. The van der Waals surface area contributed by atoms with Crippen LogP contribution in [0.15, 0.2) is 12.7 Å². The highest BCUT2D eigenvalue weighted by atomic mass is 16.7. The van der Waals surface area contributed by atoms with Crippen LogP contribution in [0.4, 0.5) is 0 Å². The summed E-state index contributed by atoms with van der Waals surface area (Å²) < 4.78 is 12.3. The van der Waals surface area contributed by atoms with Crippen LogP contribution in [0.5, 0.6) is 0 Å². The Morgan fingerprint density at radius 3 is 2.29 bits per heavy atom. The summed E-state index contributed by atoms with van der Waals surface area (Å²) in [5, 5.41) is 10.9. The van der Waals surface area contributed by atoms with Crippen LogP contribution in [-0.4, -0.2) is 29.7 Å². The van der Waals surface area contributed by atoms with Crippen molar-refractivity contribution in [2.24, 2.45) is 40.4 Å². The van der Waals surface area contributed by atoms with Crippen molar-refractivity contribution >= 4 is 0 Å². The van der Waals surface area contributed by atoms with Crippen molar-refractivity contribution in [1.29, 1.82) is 0 Å². The fourth-order valence-electron chi connectivity index (χ4n) is 9.05. The summed E-state index contributed by atoms with van der Waals surface area (Å²) in [6.07, 6.45) is 12.7. The third-order valence-electron chi connectivity index (χ3n) is 10.6. The van der Waals surface area contributed by atoms with Gasteiger partial charge in [0.15, 0.2) is 5.79 Å². The van der Waals surface area contributed by atoms with E-state index in [0.717, 1.165) is 50.2 Å². The van der Waals surface area contributed by atoms with Crippen LogP contribution >= 0.6 is 0 Å². The largest absolute Gasteiger partial charge is 0.386 e. The molecule has 5 aliphatic rings. The number of rotatable bonds is 2. The molecular formula is C25H40O3. The highest BCUT2D eigenvalue weighted by molar-refractivity contribution is 5.13. The minimum absolute atomic E-state index is 0.358. The van der Waals surface area contributed by atoms with Crippen LogP contribution in [0.2, 0.25) is 0 Å². The highest BCUT2D eigenvalue weighted by Gasteiger charge is 2.64. The molecule has 8 atom stereocenters. The normalized spacial score (nSPS) is 55.2. The molecule has 0 bridgehead atoms. The molecule has 0 radical (unpaired) electrons. The van der Waals surface area contributed by atoms with Crippen LogP contribution in [0, 0.1) is 40.4 Å². The van der Waals surface area contributed by atoms with Gasteiger partial charge in [-0.25, -0.2) is 0 Å². The molecule has 28 heavy (non-hydrogen) atoms. The first-order chi connectivity index (χ1) is 13.2. The fraction of sp³-hybridized carbons (Fsp3) is 0.920. The lowest BCUT2D eigenvalue weighted by molar-refractivity contribution is -0.219. The zero-order chi connectivity index (χ0) is 19.8. The molecule has 5 rings (SSSR count). The zero-order valence-electron chi connectivity index (χ0n) is 18.2. The molecule has 3 heteroatoms. The van der Waals surface area contributed by atoms with E-state index in [1.165, 1.54) is 38.5 Å². The van der Waals surface area contributed by atoms with Crippen LogP contribution in [0.3, 0.4) is 0 Å². The van der Waals surface area contributed by atoms with Crippen molar-refractivity contribution < 1.29 is 14.6 Å². The van der Waals surface area contributed by atoms with Crippen LogP contribution < -0.4 is 0 Å². The number of aliphatic hydroxyl groups is 1. The molecule has 4 saturated carbocycles. The van der Waals surface area contributed by atoms with Gasteiger partial charge in [0.25, 0.3) is 0 Å². The molecule has 1 heterocycles. The highest BCUT2D eigenvalue weighted by Crippen LogP contribution is 2.69. The summed E-state index contributed by atoms with van der Waals surface area (Å²) >= 11 is 0. The van der Waals surface area contributed by atoms with E-state index in [1.807, 2.05) is 6.08 Å². The maximum absolute atomic E-state index is 10.9. The van der Waals surface area contributed by atoms with E-state index in [4.69, 9.17) is 9.47 Å². The number of fused-ring (bicyclic) bond motifs is 5. The smallest absolute Gasteiger partial charge is 0.169 e. The molecule has 0 aromatic carbocycles. The minimum Gasteiger partial charge on any atom is -0.386 e. The Balaban J connectivity index is 1.40. The zero-order valence-corrected chi connectivity index (χ0v) is 18.2. The predicted molar refractivity (Wildman–Crippen MR) is 111 cm³/mol. The van der Waals surface area contributed by atoms with Crippen molar-refractivity contribution in [1.82, 2.24) is 0 Å². The summed E-state index contributed by atoms with van der Waals surface area (Å²) in [5.74, 6) is 3.34. The molecule has 0 aromatic heterocycles. The van der Waals surface area contributed by atoms with E-state index in [0.29, 0.717) is 22.7 Å². The Morgan fingerprint density at radius 2 is 1.57 bits per heavy atom. The molecule has 5 fully saturated rings. The van der Waals surface area contributed by atoms with Gasteiger partial charge in [-0.1, -0.05) is 19.9 Å². The Morgan fingerprint density at radius 1 is 0.857 bits per heavy atom. The van der Waals surface area contributed by atoms with E-state index in [-0.39, 0.29) is 5.79 Å². The molecule has 0 unspecified atom stereocenters. The summed E-state index contributed by atoms with van der Waals surface area (Å²) in [4.78, 5) is 0. The topological polar surface area (TPSA) is 38.7 Å². The average molecular weight is 389 g/mol. The second-order valence-electron chi connectivity index (χ2n) is 11.6. The molecule has 1 aliphatic heterocycles. The van der Waals surface area contributed by atoms with E-state index in [2.05, 4.69) is 27.4 Å². The van der Waals surface area contributed by atoms with Gasteiger partial charge >= 0.3 is 0 Å². The van der Waals surface area contributed by atoms with Crippen molar-refractivity contribution in [3.05, 3.63) is 12.7 Å². The first-order valence-electron chi connectivity index (χ1n) is 11.9. The Hall–Kier alpha value is -0.380. The van der Waals surface area contributed by atoms with E-state index in [1.54, 1.807) is 0 Å². The minimum atomic E-state index is -0.621. The lowest BCUT2D eigenvalue weighted by atomic mass is 9.43. The van der Waals surface area contributed by atoms with Crippen LogP contribution in [-0.2, 0) is 9.47 Å².